The lowest BCUT2D eigenvalue weighted by Crippen LogP contribution is -2.30. The first-order valence-corrected chi connectivity index (χ1v) is 7.01. The lowest BCUT2D eigenvalue weighted by Gasteiger charge is -2.29. The SMILES string of the molecule is CNC(=O)C1CCC(CC2CCCC2)CC1. The van der Waals surface area contributed by atoms with Crippen molar-refractivity contribution in [3.05, 3.63) is 0 Å². The topological polar surface area (TPSA) is 29.1 Å². The van der Waals surface area contributed by atoms with Crippen LogP contribution in [0.2, 0.25) is 0 Å². The molecule has 0 aromatic rings. The van der Waals surface area contributed by atoms with Gasteiger partial charge in [-0.05, 0) is 43.9 Å². The predicted molar refractivity (Wildman–Crippen MR) is 66.1 cm³/mol. The van der Waals surface area contributed by atoms with Gasteiger partial charge in [0.2, 0.25) is 5.91 Å². The van der Waals surface area contributed by atoms with E-state index in [1.807, 2.05) is 0 Å². The molecule has 0 saturated heterocycles. The first kappa shape index (κ1) is 11.9. The van der Waals surface area contributed by atoms with Gasteiger partial charge in [-0.3, -0.25) is 4.79 Å². The van der Waals surface area contributed by atoms with E-state index in [0.29, 0.717) is 5.92 Å². The Morgan fingerprint density at radius 2 is 1.56 bits per heavy atom. The van der Waals surface area contributed by atoms with E-state index in [2.05, 4.69) is 5.32 Å². The minimum Gasteiger partial charge on any atom is -0.359 e. The third-order valence-electron chi connectivity index (χ3n) is 4.61. The number of carbonyl (C=O) groups is 1. The van der Waals surface area contributed by atoms with Crippen LogP contribution >= 0.6 is 0 Å². The molecule has 0 heterocycles. The van der Waals surface area contributed by atoms with Gasteiger partial charge in [-0.15, -0.1) is 0 Å². The highest BCUT2D eigenvalue weighted by Crippen LogP contribution is 2.37. The fourth-order valence-electron chi connectivity index (χ4n) is 3.58. The summed E-state index contributed by atoms with van der Waals surface area (Å²) >= 11 is 0. The zero-order valence-corrected chi connectivity index (χ0v) is 10.5. The van der Waals surface area contributed by atoms with Crippen LogP contribution in [0.25, 0.3) is 0 Å². The fraction of sp³-hybridized carbons (Fsp3) is 0.929. The molecular weight excluding hydrogens is 198 g/mol. The summed E-state index contributed by atoms with van der Waals surface area (Å²) < 4.78 is 0. The average Bonchev–Trinajstić information content (AvgIpc) is 2.82. The molecule has 2 fully saturated rings. The zero-order valence-electron chi connectivity index (χ0n) is 10.5. The molecule has 92 valence electrons. The van der Waals surface area contributed by atoms with Gasteiger partial charge in [-0.2, -0.15) is 0 Å². The van der Waals surface area contributed by atoms with E-state index < -0.39 is 0 Å². The molecule has 2 nitrogen and oxygen atoms in total. The van der Waals surface area contributed by atoms with Crippen LogP contribution in [-0.4, -0.2) is 13.0 Å². The van der Waals surface area contributed by atoms with Crippen LogP contribution in [0.4, 0.5) is 0 Å². The van der Waals surface area contributed by atoms with Crippen molar-refractivity contribution in [1.29, 1.82) is 0 Å². The molecule has 0 radical (unpaired) electrons. The summed E-state index contributed by atoms with van der Waals surface area (Å²) in [4.78, 5) is 11.5. The second kappa shape index (κ2) is 5.70. The van der Waals surface area contributed by atoms with Crippen LogP contribution in [0.5, 0.6) is 0 Å². The Bertz CT molecular complexity index is 225. The number of rotatable bonds is 3. The van der Waals surface area contributed by atoms with Gasteiger partial charge in [0.15, 0.2) is 0 Å². The summed E-state index contributed by atoms with van der Waals surface area (Å²) in [7, 11) is 1.76. The Kier molecular flexibility index (Phi) is 4.25. The highest BCUT2D eigenvalue weighted by atomic mass is 16.1. The van der Waals surface area contributed by atoms with E-state index in [1.165, 1.54) is 44.9 Å². The van der Waals surface area contributed by atoms with E-state index in [1.54, 1.807) is 7.05 Å². The summed E-state index contributed by atoms with van der Waals surface area (Å²) in [5, 5.41) is 2.78. The minimum absolute atomic E-state index is 0.263. The van der Waals surface area contributed by atoms with E-state index in [9.17, 15) is 4.79 Å². The van der Waals surface area contributed by atoms with Crippen LogP contribution in [0.15, 0.2) is 0 Å². The van der Waals surface area contributed by atoms with Gasteiger partial charge in [0.1, 0.15) is 0 Å². The normalized spacial score (nSPS) is 31.6. The van der Waals surface area contributed by atoms with Gasteiger partial charge in [-0.1, -0.05) is 25.7 Å². The molecule has 0 unspecified atom stereocenters. The number of amides is 1. The summed E-state index contributed by atoms with van der Waals surface area (Å²) in [5.41, 5.74) is 0. The Morgan fingerprint density at radius 3 is 2.12 bits per heavy atom. The van der Waals surface area contributed by atoms with Crippen molar-refractivity contribution in [2.75, 3.05) is 7.05 Å². The van der Waals surface area contributed by atoms with Crippen LogP contribution in [0.3, 0.4) is 0 Å². The highest BCUT2D eigenvalue weighted by Gasteiger charge is 2.27. The summed E-state index contributed by atoms with van der Waals surface area (Å²) in [6.07, 6.45) is 12.1. The maximum Gasteiger partial charge on any atom is 0.222 e. The monoisotopic (exact) mass is 223 g/mol. The molecular formula is C14H25NO. The number of hydrogen-bond acceptors (Lipinski definition) is 1. The smallest absolute Gasteiger partial charge is 0.222 e. The molecule has 0 spiro atoms. The number of carbonyl (C=O) groups excluding carboxylic acids is 1. The molecule has 0 aromatic heterocycles. The molecule has 0 bridgehead atoms. The van der Waals surface area contributed by atoms with Gasteiger partial charge < -0.3 is 5.32 Å². The van der Waals surface area contributed by atoms with E-state index in [0.717, 1.165) is 24.7 Å². The van der Waals surface area contributed by atoms with Gasteiger partial charge >= 0.3 is 0 Å². The lowest BCUT2D eigenvalue weighted by atomic mass is 9.77. The van der Waals surface area contributed by atoms with Crippen molar-refractivity contribution in [1.82, 2.24) is 5.32 Å². The molecule has 1 amide bonds. The molecule has 0 aromatic carbocycles. The van der Waals surface area contributed by atoms with Crippen molar-refractivity contribution in [3.63, 3.8) is 0 Å². The Labute approximate surface area is 99.2 Å². The largest absolute Gasteiger partial charge is 0.359 e. The van der Waals surface area contributed by atoms with E-state index in [-0.39, 0.29) is 5.91 Å². The lowest BCUT2D eigenvalue weighted by molar-refractivity contribution is -0.125. The average molecular weight is 223 g/mol. The van der Waals surface area contributed by atoms with Crippen LogP contribution < -0.4 is 5.32 Å². The summed E-state index contributed by atoms with van der Waals surface area (Å²) in [6.45, 7) is 0. The second-order valence-corrected chi connectivity index (χ2v) is 5.72. The molecule has 2 rings (SSSR count). The van der Waals surface area contributed by atoms with Crippen molar-refractivity contribution >= 4 is 5.91 Å². The van der Waals surface area contributed by atoms with E-state index >= 15 is 0 Å². The molecule has 0 aliphatic heterocycles. The zero-order chi connectivity index (χ0) is 11.4. The van der Waals surface area contributed by atoms with Gasteiger partial charge in [0, 0.05) is 13.0 Å². The quantitative estimate of drug-likeness (QED) is 0.782. The van der Waals surface area contributed by atoms with Gasteiger partial charge in [0.25, 0.3) is 0 Å². The minimum atomic E-state index is 0.263. The van der Waals surface area contributed by atoms with Crippen molar-refractivity contribution in [2.24, 2.45) is 17.8 Å². The molecule has 0 atom stereocenters. The molecule has 2 heteroatoms. The number of hydrogen-bond donors (Lipinski definition) is 1. The van der Waals surface area contributed by atoms with Gasteiger partial charge in [0.05, 0.1) is 0 Å². The number of nitrogens with one attached hydrogen (secondary N) is 1. The summed E-state index contributed by atoms with van der Waals surface area (Å²) in [5.74, 6) is 2.51. The first-order valence-electron chi connectivity index (χ1n) is 7.01. The first-order chi connectivity index (χ1) is 7.79. The van der Waals surface area contributed by atoms with Crippen LogP contribution in [-0.2, 0) is 4.79 Å². The Morgan fingerprint density at radius 1 is 1.00 bits per heavy atom. The third kappa shape index (κ3) is 2.99. The third-order valence-corrected chi connectivity index (χ3v) is 4.61. The van der Waals surface area contributed by atoms with Gasteiger partial charge in [-0.25, -0.2) is 0 Å². The predicted octanol–water partition coefficient (Wildman–Crippen LogP) is 3.12. The fourth-order valence-corrected chi connectivity index (χ4v) is 3.58. The van der Waals surface area contributed by atoms with Crippen molar-refractivity contribution in [2.45, 2.75) is 57.8 Å². The molecule has 1 N–H and O–H groups in total. The van der Waals surface area contributed by atoms with Crippen LogP contribution in [0.1, 0.15) is 57.8 Å². The molecule has 2 aliphatic carbocycles. The van der Waals surface area contributed by atoms with Crippen LogP contribution in [0, 0.1) is 17.8 Å². The highest BCUT2D eigenvalue weighted by molar-refractivity contribution is 5.78. The second-order valence-electron chi connectivity index (χ2n) is 5.72. The van der Waals surface area contributed by atoms with Crippen molar-refractivity contribution in [3.8, 4) is 0 Å². The maximum absolute atomic E-state index is 11.5. The molecule has 2 aliphatic rings. The Balaban J connectivity index is 1.70. The Hall–Kier alpha value is -0.530. The summed E-state index contributed by atoms with van der Waals surface area (Å²) in [6, 6.07) is 0. The van der Waals surface area contributed by atoms with E-state index in [4.69, 9.17) is 0 Å². The standard InChI is InChI=1S/C14H25NO/c1-15-14(16)13-8-6-12(7-9-13)10-11-4-2-3-5-11/h11-13H,2-10H2,1H3,(H,15,16). The van der Waals surface area contributed by atoms with Crippen molar-refractivity contribution < 1.29 is 4.79 Å². The molecule has 16 heavy (non-hydrogen) atoms. The maximum atomic E-state index is 11.5. The molecule has 2 saturated carbocycles.